The van der Waals surface area contributed by atoms with Gasteiger partial charge in [0.2, 0.25) is 5.91 Å². The molecule has 1 aromatic carbocycles. The van der Waals surface area contributed by atoms with Crippen molar-refractivity contribution >= 4 is 39.9 Å². The molecule has 4 aromatic rings. The first-order chi connectivity index (χ1) is 20.9. The van der Waals surface area contributed by atoms with Crippen molar-refractivity contribution < 1.29 is 14.3 Å². The summed E-state index contributed by atoms with van der Waals surface area (Å²) in [5.74, 6) is -1.17. The lowest BCUT2D eigenvalue weighted by Gasteiger charge is -2.51. The topological polar surface area (TPSA) is 94.8 Å². The van der Waals surface area contributed by atoms with Crippen LogP contribution in [0.4, 0.5) is 15.8 Å². The second-order valence-corrected chi connectivity index (χ2v) is 12.3. The van der Waals surface area contributed by atoms with Crippen molar-refractivity contribution in [2.45, 2.75) is 45.7 Å². The third-order valence-corrected chi connectivity index (χ3v) is 8.95. The lowest BCUT2D eigenvalue weighted by molar-refractivity contribution is -0.128. The van der Waals surface area contributed by atoms with Crippen LogP contribution in [-0.2, 0) is 4.79 Å². The second-order valence-electron chi connectivity index (χ2n) is 11.9. The molecule has 0 unspecified atom stereocenters. The Kier molecular flexibility index (Phi) is 7.36. The van der Waals surface area contributed by atoms with Gasteiger partial charge in [0, 0.05) is 44.3 Å². The Morgan fingerprint density at radius 2 is 1.93 bits per heavy atom. The number of carbonyl (C=O) groups is 1. The number of piperazine rings is 1. The lowest BCUT2D eigenvalue weighted by atomic mass is 9.98. The van der Waals surface area contributed by atoms with Crippen LogP contribution in [0.1, 0.15) is 37.9 Å². The number of nitrogens with zero attached hydrogens (tertiary/aromatic N) is 6. The molecule has 0 bridgehead atoms. The molecule has 1 saturated heterocycles. The fourth-order valence-corrected chi connectivity index (χ4v) is 6.85. The number of anilines is 2. The van der Waals surface area contributed by atoms with Crippen LogP contribution in [0, 0.1) is 12.7 Å². The highest BCUT2D eigenvalue weighted by atomic mass is 35.5. The number of carbonyl (C=O) groups excluding carboxylic acids is 1. The number of aryl methyl sites for hydroxylation is 1. The van der Waals surface area contributed by atoms with Crippen LogP contribution in [0.25, 0.3) is 28.0 Å². The van der Waals surface area contributed by atoms with E-state index in [0.29, 0.717) is 47.8 Å². The first-order valence-corrected chi connectivity index (χ1v) is 15.0. The van der Waals surface area contributed by atoms with Crippen molar-refractivity contribution in [3.05, 3.63) is 81.6 Å². The van der Waals surface area contributed by atoms with E-state index in [4.69, 9.17) is 16.6 Å². The molecule has 6 rings (SSSR count). The summed E-state index contributed by atoms with van der Waals surface area (Å²) in [5.41, 5.74) is 3.09. The number of halogens is 2. The zero-order chi connectivity index (χ0) is 31.6. The molecular formula is C33H34ClFN6O3. The number of phenols is 1. The summed E-state index contributed by atoms with van der Waals surface area (Å²) in [6.07, 6.45) is 3.04. The van der Waals surface area contributed by atoms with Gasteiger partial charge in [-0.15, -0.1) is 0 Å². The molecule has 1 fully saturated rings. The fourth-order valence-electron chi connectivity index (χ4n) is 6.60. The van der Waals surface area contributed by atoms with E-state index in [1.54, 1.807) is 21.7 Å². The number of hydrogen-bond acceptors (Lipinski definition) is 7. The molecule has 1 amide bonds. The summed E-state index contributed by atoms with van der Waals surface area (Å²) >= 11 is 6.86. The molecule has 3 aromatic heterocycles. The maximum absolute atomic E-state index is 15.2. The summed E-state index contributed by atoms with van der Waals surface area (Å²) in [6, 6.07) is 7.26. The first kappa shape index (κ1) is 29.6. The van der Waals surface area contributed by atoms with Gasteiger partial charge in [-0.2, -0.15) is 0 Å². The summed E-state index contributed by atoms with van der Waals surface area (Å²) in [6.45, 7) is 13.0. The van der Waals surface area contributed by atoms with Gasteiger partial charge in [-0.25, -0.2) is 9.37 Å². The molecule has 0 aliphatic carbocycles. The summed E-state index contributed by atoms with van der Waals surface area (Å²) in [4.78, 5) is 42.9. The predicted octanol–water partition coefficient (Wildman–Crippen LogP) is 5.42. The molecule has 5 heterocycles. The number of aromatic nitrogens is 3. The van der Waals surface area contributed by atoms with Crippen LogP contribution in [-0.4, -0.2) is 69.2 Å². The lowest BCUT2D eigenvalue weighted by Crippen LogP contribution is -2.64. The van der Waals surface area contributed by atoms with Crippen molar-refractivity contribution in [1.29, 1.82) is 0 Å². The molecule has 0 spiro atoms. The molecule has 228 valence electrons. The third kappa shape index (κ3) is 4.51. The van der Waals surface area contributed by atoms with Gasteiger partial charge < -0.3 is 19.8 Å². The molecule has 44 heavy (non-hydrogen) atoms. The van der Waals surface area contributed by atoms with E-state index in [1.165, 1.54) is 24.3 Å². The largest absolute Gasteiger partial charge is 0.507 e. The normalized spacial score (nSPS) is 18.0. The Balaban J connectivity index is 1.73. The maximum atomic E-state index is 15.2. The van der Waals surface area contributed by atoms with Crippen LogP contribution >= 0.6 is 11.6 Å². The average Bonchev–Trinajstić information content (AvgIpc) is 2.97. The van der Waals surface area contributed by atoms with Crippen LogP contribution in [0.15, 0.2) is 54.0 Å². The fraction of sp³-hybridized carbons (Fsp3) is 0.333. The van der Waals surface area contributed by atoms with E-state index >= 15 is 4.39 Å². The van der Waals surface area contributed by atoms with Crippen molar-refractivity contribution in [3.63, 3.8) is 0 Å². The van der Waals surface area contributed by atoms with Gasteiger partial charge in [0.15, 0.2) is 5.65 Å². The quantitative estimate of drug-likeness (QED) is 0.306. The number of likely N-dealkylation sites (N-methyl/N-ethyl adjacent to an activating group) is 1. The van der Waals surface area contributed by atoms with Crippen molar-refractivity contribution in [2.75, 3.05) is 36.5 Å². The van der Waals surface area contributed by atoms with Crippen molar-refractivity contribution in [2.24, 2.45) is 0 Å². The smallest absolute Gasteiger partial charge is 0.282 e. The minimum Gasteiger partial charge on any atom is -0.507 e. The van der Waals surface area contributed by atoms with E-state index in [0.717, 1.165) is 5.56 Å². The first-order valence-electron chi connectivity index (χ1n) is 14.6. The average molecular weight is 617 g/mol. The predicted molar refractivity (Wildman–Crippen MR) is 172 cm³/mol. The Labute approximate surface area is 259 Å². The van der Waals surface area contributed by atoms with Gasteiger partial charge in [-0.1, -0.05) is 38.1 Å². The number of phenolic OH excluding ortho intramolecular Hbond substituents is 1. The van der Waals surface area contributed by atoms with Crippen LogP contribution in [0.5, 0.6) is 5.75 Å². The molecular weight excluding hydrogens is 583 g/mol. The molecule has 2 atom stereocenters. The zero-order valence-corrected chi connectivity index (χ0v) is 26.1. The Hall–Kier alpha value is -4.44. The third-order valence-electron chi connectivity index (χ3n) is 8.66. The monoisotopic (exact) mass is 616 g/mol. The van der Waals surface area contributed by atoms with Crippen LogP contribution in [0.3, 0.4) is 0 Å². The molecule has 9 nitrogen and oxygen atoms in total. The Bertz CT molecular complexity index is 1890. The standard InChI is InChI=1S/C33H34ClFN6O3/c1-7-25(43)39-16-20-15-38(6)31-30(40(20)14-19(39)5)21-13-22(34)28(26-23(35)9-8-10-24(26)42)37-32(21)41(33(31)44)29-18(4)11-12-36-27(29)17(2)3/h7-13,17,19-20,42H,1,14-16H2,2-6H3/t19-,20+/m1/s1. The number of rotatable bonds is 4. The summed E-state index contributed by atoms with van der Waals surface area (Å²) in [5, 5.41) is 11.4. The summed E-state index contributed by atoms with van der Waals surface area (Å²) < 4.78 is 16.7. The van der Waals surface area contributed by atoms with Gasteiger partial charge in [0.25, 0.3) is 5.56 Å². The number of aromatic hydroxyl groups is 1. The van der Waals surface area contributed by atoms with E-state index in [9.17, 15) is 14.7 Å². The Morgan fingerprint density at radius 1 is 1.18 bits per heavy atom. The van der Waals surface area contributed by atoms with E-state index < -0.39 is 5.82 Å². The highest BCUT2D eigenvalue weighted by Crippen LogP contribution is 2.44. The van der Waals surface area contributed by atoms with E-state index in [1.807, 2.05) is 45.7 Å². The van der Waals surface area contributed by atoms with Gasteiger partial charge in [-0.05, 0) is 55.7 Å². The van der Waals surface area contributed by atoms with Crippen molar-refractivity contribution in [1.82, 2.24) is 19.4 Å². The van der Waals surface area contributed by atoms with Crippen LogP contribution < -0.4 is 15.4 Å². The minimum atomic E-state index is -0.692. The number of fused-ring (bicyclic) bond motifs is 5. The molecule has 2 aliphatic heterocycles. The van der Waals surface area contributed by atoms with Gasteiger partial charge in [0.05, 0.1) is 39.4 Å². The Morgan fingerprint density at radius 3 is 2.61 bits per heavy atom. The highest BCUT2D eigenvalue weighted by Gasteiger charge is 2.41. The van der Waals surface area contributed by atoms with E-state index in [-0.39, 0.29) is 57.1 Å². The number of amides is 1. The molecule has 11 heteroatoms. The highest BCUT2D eigenvalue weighted by molar-refractivity contribution is 6.34. The number of benzene rings is 1. The van der Waals surface area contributed by atoms with Gasteiger partial charge in [0.1, 0.15) is 17.3 Å². The van der Waals surface area contributed by atoms with E-state index in [2.05, 4.69) is 16.5 Å². The number of pyridine rings is 3. The zero-order valence-electron chi connectivity index (χ0n) is 25.3. The summed E-state index contributed by atoms with van der Waals surface area (Å²) in [7, 11) is 1.87. The van der Waals surface area contributed by atoms with Crippen LogP contribution in [0.2, 0.25) is 5.02 Å². The maximum Gasteiger partial charge on any atom is 0.282 e. The SMILES string of the molecule is C=CC(=O)N1C[C@@H]2CN(C)c3c(c4cc(Cl)c(-c5c(O)cccc5F)nc4n(-c4c(C)ccnc4C(C)C)c3=O)N2C[C@H]1C. The molecule has 2 aliphatic rings. The van der Waals surface area contributed by atoms with Gasteiger partial charge >= 0.3 is 0 Å². The molecule has 1 N–H and O–H groups in total. The number of hydrogen-bond donors (Lipinski definition) is 1. The molecule has 0 saturated carbocycles. The second kappa shape index (κ2) is 10.9. The minimum absolute atomic E-state index is 0.0194. The molecule has 0 radical (unpaired) electrons. The van der Waals surface area contributed by atoms with Crippen molar-refractivity contribution in [3.8, 4) is 22.7 Å². The van der Waals surface area contributed by atoms with Gasteiger partial charge in [-0.3, -0.25) is 19.1 Å².